The Hall–Kier alpha value is -1.20. The minimum absolute atomic E-state index is 0.133. The van der Waals surface area contributed by atoms with E-state index in [1.807, 2.05) is 23.9 Å². The molecule has 1 atom stereocenters. The first-order valence-electron chi connectivity index (χ1n) is 7.27. The Balaban J connectivity index is 2.30. The molecule has 2 rings (SSSR count). The van der Waals surface area contributed by atoms with Crippen molar-refractivity contribution in [2.75, 3.05) is 7.05 Å². The number of hydrogen-bond donors (Lipinski definition) is 1. The van der Waals surface area contributed by atoms with E-state index in [1.165, 1.54) is 17.8 Å². The minimum Gasteiger partial charge on any atom is -0.313 e. The second kappa shape index (κ2) is 7.18. The van der Waals surface area contributed by atoms with E-state index in [9.17, 15) is 4.39 Å². The number of halogens is 2. The molecule has 0 aliphatic rings. The van der Waals surface area contributed by atoms with Gasteiger partial charge in [0.25, 0.3) is 0 Å². The van der Waals surface area contributed by atoms with Crippen molar-refractivity contribution in [2.45, 2.75) is 39.3 Å². The largest absolute Gasteiger partial charge is 0.313 e. The molecular formula is C16H21BrFN3. The normalized spacial score (nSPS) is 12.6. The van der Waals surface area contributed by atoms with Gasteiger partial charge in [0.05, 0.1) is 15.9 Å². The van der Waals surface area contributed by atoms with Gasteiger partial charge in [0.15, 0.2) is 0 Å². The molecule has 1 heterocycles. The molecule has 0 spiro atoms. The van der Waals surface area contributed by atoms with E-state index in [2.05, 4.69) is 40.2 Å². The number of benzene rings is 1. The molecule has 1 N–H and O–H groups in total. The predicted octanol–water partition coefficient (Wildman–Crippen LogP) is 3.87. The Morgan fingerprint density at radius 1 is 1.29 bits per heavy atom. The molecule has 1 aromatic heterocycles. The van der Waals surface area contributed by atoms with Gasteiger partial charge in [-0.25, -0.2) is 4.39 Å². The number of rotatable bonds is 6. The number of hydrogen-bond acceptors (Lipinski definition) is 2. The third-order valence-corrected chi connectivity index (χ3v) is 4.63. The lowest BCUT2D eigenvalue weighted by Gasteiger charge is -2.17. The van der Waals surface area contributed by atoms with Crippen LogP contribution in [0.15, 0.2) is 28.7 Å². The van der Waals surface area contributed by atoms with Crippen LogP contribution >= 0.6 is 15.9 Å². The van der Waals surface area contributed by atoms with Crippen LogP contribution < -0.4 is 5.32 Å². The highest BCUT2D eigenvalue weighted by Gasteiger charge is 2.18. The molecule has 0 radical (unpaired) electrons. The zero-order valence-electron chi connectivity index (χ0n) is 12.7. The van der Waals surface area contributed by atoms with Crippen LogP contribution in [-0.4, -0.2) is 16.8 Å². The Morgan fingerprint density at radius 2 is 1.95 bits per heavy atom. The molecule has 21 heavy (non-hydrogen) atoms. The van der Waals surface area contributed by atoms with Crippen molar-refractivity contribution in [2.24, 2.45) is 0 Å². The van der Waals surface area contributed by atoms with Crippen molar-refractivity contribution >= 4 is 15.9 Å². The summed E-state index contributed by atoms with van der Waals surface area (Å²) in [7, 11) is 1.93. The van der Waals surface area contributed by atoms with Crippen LogP contribution in [0.1, 0.15) is 36.8 Å². The average molecular weight is 354 g/mol. The fourth-order valence-electron chi connectivity index (χ4n) is 2.49. The number of aromatic nitrogens is 2. The van der Waals surface area contributed by atoms with Crippen molar-refractivity contribution in [3.05, 3.63) is 51.5 Å². The van der Waals surface area contributed by atoms with Gasteiger partial charge in [0.1, 0.15) is 5.82 Å². The highest BCUT2D eigenvalue weighted by atomic mass is 79.9. The zero-order chi connectivity index (χ0) is 15.4. The van der Waals surface area contributed by atoms with Crippen LogP contribution in [0.3, 0.4) is 0 Å². The first-order chi connectivity index (χ1) is 10.1. The smallest absolute Gasteiger partial charge is 0.123 e. The van der Waals surface area contributed by atoms with Crippen LogP contribution in [0.5, 0.6) is 0 Å². The van der Waals surface area contributed by atoms with Gasteiger partial charge in [-0.05, 0) is 54.0 Å². The standard InChI is InChI=1S/C16H21BrFN3/c1-4-13-16(17)15(21(5-2)20-13)10-14(19-3)11-6-8-12(18)9-7-11/h6-9,14,19H,4-5,10H2,1-3H3. The van der Waals surface area contributed by atoms with E-state index < -0.39 is 0 Å². The fraction of sp³-hybridized carbons (Fsp3) is 0.438. The van der Waals surface area contributed by atoms with E-state index in [1.54, 1.807) is 0 Å². The molecule has 0 aliphatic carbocycles. The molecule has 114 valence electrons. The molecule has 3 nitrogen and oxygen atoms in total. The predicted molar refractivity (Wildman–Crippen MR) is 86.9 cm³/mol. The molecule has 1 aromatic carbocycles. The second-order valence-electron chi connectivity index (χ2n) is 4.97. The average Bonchev–Trinajstić information content (AvgIpc) is 2.81. The summed E-state index contributed by atoms with van der Waals surface area (Å²) in [5, 5.41) is 7.93. The highest BCUT2D eigenvalue weighted by molar-refractivity contribution is 9.10. The van der Waals surface area contributed by atoms with Crippen LogP contribution in [0.25, 0.3) is 0 Å². The summed E-state index contributed by atoms with van der Waals surface area (Å²) >= 11 is 3.67. The maximum Gasteiger partial charge on any atom is 0.123 e. The summed E-state index contributed by atoms with van der Waals surface area (Å²) in [5.41, 5.74) is 3.34. The maximum atomic E-state index is 13.1. The summed E-state index contributed by atoms with van der Waals surface area (Å²) in [6.45, 7) is 5.04. The number of nitrogens with zero attached hydrogens (tertiary/aromatic N) is 2. The number of aryl methyl sites for hydroxylation is 2. The van der Waals surface area contributed by atoms with Crippen molar-refractivity contribution in [3.63, 3.8) is 0 Å². The fourth-order valence-corrected chi connectivity index (χ4v) is 3.21. The monoisotopic (exact) mass is 353 g/mol. The van der Waals surface area contributed by atoms with Gasteiger partial charge in [-0.1, -0.05) is 19.1 Å². The topological polar surface area (TPSA) is 29.9 Å². The van der Waals surface area contributed by atoms with Crippen LogP contribution in [0.2, 0.25) is 0 Å². The van der Waals surface area contributed by atoms with E-state index in [0.717, 1.165) is 35.1 Å². The summed E-state index contributed by atoms with van der Waals surface area (Å²) in [6.07, 6.45) is 1.71. The SMILES string of the molecule is CCc1nn(CC)c(CC(NC)c2ccc(F)cc2)c1Br. The molecule has 0 aliphatic heterocycles. The van der Waals surface area contributed by atoms with Gasteiger partial charge in [-0.2, -0.15) is 5.10 Å². The van der Waals surface area contributed by atoms with Crippen molar-refractivity contribution in [1.29, 1.82) is 0 Å². The third-order valence-electron chi connectivity index (χ3n) is 3.71. The number of likely N-dealkylation sites (N-methyl/N-ethyl adjacent to an activating group) is 1. The van der Waals surface area contributed by atoms with Crippen molar-refractivity contribution in [3.8, 4) is 0 Å². The van der Waals surface area contributed by atoms with Crippen LogP contribution in [0, 0.1) is 5.82 Å². The summed E-state index contributed by atoms with van der Waals surface area (Å²) in [4.78, 5) is 0. The second-order valence-corrected chi connectivity index (χ2v) is 5.77. The van der Waals surface area contributed by atoms with E-state index >= 15 is 0 Å². The van der Waals surface area contributed by atoms with Crippen molar-refractivity contribution < 1.29 is 4.39 Å². The van der Waals surface area contributed by atoms with Gasteiger partial charge in [-0.15, -0.1) is 0 Å². The molecule has 0 saturated heterocycles. The van der Waals surface area contributed by atoms with E-state index in [-0.39, 0.29) is 11.9 Å². The zero-order valence-corrected chi connectivity index (χ0v) is 14.2. The first kappa shape index (κ1) is 16.2. The Morgan fingerprint density at radius 3 is 2.48 bits per heavy atom. The molecule has 0 fully saturated rings. The van der Waals surface area contributed by atoms with Crippen LogP contribution in [0.4, 0.5) is 4.39 Å². The summed E-state index contributed by atoms with van der Waals surface area (Å²) in [6, 6.07) is 6.80. The molecule has 0 amide bonds. The molecule has 0 saturated carbocycles. The third kappa shape index (κ3) is 3.52. The molecule has 2 aromatic rings. The highest BCUT2D eigenvalue weighted by Crippen LogP contribution is 2.27. The van der Waals surface area contributed by atoms with Gasteiger partial charge in [-0.3, -0.25) is 4.68 Å². The lowest BCUT2D eigenvalue weighted by molar-refractivity contribution is 0.538. The van der Waals surface area contributed by atoms with Gasteiger partial charge in [0.2, 0.25) is 0 Å². The van der Waals surface area contributed by atoms with E-state index in [0.29, 0.717) is 0 Å². The van der Waals surface area contributed by atoms with Gasteiger partial charge >= 0.3 is 0 Å². The van der Waals surface area contributed by atoms with Gasteiger partial charge in [0, 0.05) is 19.0 Å². The summed E-state index contributed by atoms with van der Waals surface area (Å²) < 4.78 is 16.2. The minimum atomic E-state index is -0.207. The first-order valence-corrected chi connectivity index (χ1v) is 8.06. The quantitative estimate of drug-likeness (QED) is 0.854. The van der Waals surface area contributed by atoms with Crippen molar-refractivity contribution in [1.82, 2.24) is 15.1 Å². The molecule has 5 heteroatoms. The lowest BCUT2D eigenvalue weighted by Crippen LogP contribution is -2.20. The molecular weight excluding hydrogens is 333 g/mol. The maximum absolute atomic E-state index is 13.1. The Labute approximate surface area is 133 Å². The van der Waals surface area contributed by atoms with E-state index in [4.69, 9.17) is 0 Å². The number of nitrogens with one attached hydrogen (secondary N) is 1. The molecule has 0 bridgehead atoms. The molecule has 1 unspecified atom stereocenters. The van der Waals surface area contributed by atoms with Crippen LogP contribution in [-0.2, 0) is 19.4 Å². The Kier molecular flexibility index (Phi) is 5.53. The Bertz CT molecular complexity index is 592. The lowest BCUT2D eigenvalue weighted by atomic mass is 10.0. The van der Waals surface area contributed by atoms with Gasteiger partial charge < -0.3 is 5.32 Å². The summed E-state index contributed by atoms with van der Waals surface area (Å²) in [5.74, 6) is -0.207.